The fourth-order valence-electron chi connectivity index (χ4n) is 0.895. The van der Waals surface area contributed by atoms with Crippen LogP contribution in [-0.4, -0.2) is 23.2 Å². The zero-order chi connectivity index (χ0) is 8.81. The third kappa shape index (κ3) is 3.19. The minimum atomic E-state index is 0.265. The van der Waals surface area contributed by atoms with Gasteiger partial charge >= 0.3 is 0 Å². The van der Waals surface area contributed by atoms with E-state index in [1.54, 1.807) is 17.5 Å². The number of hydrogen-bond acceptors (Lipinski definition) is 4. The van der Waals surface area contributed by atoms with E-state index in [0.717, 1.165) is 18.1 Å². The number of aliphatic hydroxyl groups excluding tert-OH is 1. The summed E-state index contributed by atoms with van der Waals surface area (Å²) in [6, 6.07) is 0. The van der Waals surface area contributed by atoms with Crippen molar-refractivity contribution in [1.29, 1.82) is 0 Å². The van der Waals surface area contributed by atoms with Crippen molar-refractivity contribution in [3.63, 3.8) is 0 Å². The van der Waals surface area contributed by atoms with Crippen molar-refractivity contribution in [2.24, 2.45) is 5.92 Å². The minimum Gasteiger partial charge on any atom is -0.396 e. The first kappa shape index (κ1) is 9.48. The average Bonchev–Trinajstić information content (AvgIpc) is 2.53. The summed E-state index contributed by atoms with van der Waals surface area (Å²) >= 11 is 1.60. The molecule has 3 nitrogen and oxygen atoms in total. The maximum absolute atomic E-state index is 8.65. The predicted molar refractivity (Wildman–Crippen MR) is 51.5 cm³/mol. The van der Waals surface area contributed by atoms with Crippen LogP contribution in [0.3, 0.4) is 0 Å². The first-order valence-electron chi connectivity index (χ1n) is 4.07. The molecule has 0 radical (unpaired) electrons. The molecule has 0 fully saturated rings. The van der Waals surface area contributed by atoms with Crippen LogP contribution in [0.2, 0.25) is 0 Å². The lowest BCUT2D eigenvalue weighted by Crippen LogP contribution is -2.12. The highest BCUT2D eigenvalue weighted by atomic mass is 32.1. The van der Waals surface area contributed by atoms with Gasteiger partial charge in [0.25, 0.3) is 0 Å². The van der Waals surface area contributed by atoms with Crippen LogP contribution >= 0.6 is 11.3 Å². The Balaban J connectivity index is 2.17. The number of aromatic nitrogens is 1. The molecular weight excluding hydrogens is 172 g/mol. The van der Waals surface area contributed by atoms with E-state index in [4.69, 9.17) is 5.11 Å². The van der Waals surface area contributed by atoms with E-state index in [9.17, 15) is 0 Å². The highest BCUT2D eigenvalue weighted by molar-refractivity contribution is 7.13. The summed E-state index contributed by atoms with van der Waals surface area (Å²) in [7, 11) is 0. The van der Waals surface area contributed by atoms with E-state index in [-0.39, 0.29) is 6.61 Å². The quantitative estimate of drug-likeness (QED) is 0.733. The number of anilines is 1. The molecule has 0 bridgehead atoms. The summed E-state index contributed by atoms with van der Waals surface area (Å²) in [4.78, 5) is 4.09. The zero-order valence-electron chi connectivity index (χ0n) is 7.16. The van der Waals surface area contributed by atoms with Gasteiger partial charge in [0, 0.05) is 24.7 Å². The second-order valence-electron chi connectivity index (χ2n) is 2.84. The Morgan fingerprint density at radius 3 is 3.17 bits per heavy atom. The van der Waals surface area contributed by atoms with E-state index >= 15 is 0 Å². The Morgan fingerprint density at radius 1 is 1.75 bits per heavy atom. The van der Waals surface area contributed by atoms with Crippen molar-refractivity contribution in [2.45, 2.75) is 13.3 Å². The topological polar surface area (TPSA) is 45.1 Å². The molecule has 1 atom stereocenters. The molecule has 0 amide bonds. The summed E-state index contributed by atoms with van der Waals surface area (Å²) in [6.45, 7) is 3.26. The van der Waals surface area contributed by atoms with Crippen LogP contribution in [0.1, 0.15) is 13.3 Å². The Bertz CT molecular complexity index is 201. The number of aliphatic hydroxyl groups is 1. The van der Waals surface area contributed by atoms with E-state index in [1.807, 2.05) is 5.38 Å². The van der Waals surface area contributed by atoms with Gasteiger partial charge in [-0.05, 0) is 12.3 Å². The summed E-state index contributed by atoms with van der Waals surface area (Å²) < 4.78 is 0. The average molecular weight is 186 g/mol. The molecule has 0 aliphatic rings. The summed E-state index contributed by atoms with van der Waals surface area (Å²) in [5.74, 6) is 0.499. The second-order valence-corrected chi connectivity index (χ2v) is 3.73. The van der Waals surface area contributed by atoms with Crippen molar-refractivity contribution in [3.05, 3.63) is 11.6 Å². The van der Waals surface area contributed by atoms with Gasteiger partial charge in [-0.25, -0.2) is 4.98 Å². The molecule has 1 aromatic rings. The number of rotatable bonds is 5. The van der Waals surface area contributed by atoms with Gasteiger partial charge in [0.15, 0.2) is 5.13 Å². The van der Waals surface area contributed by atoms with Crippen LogP contribution in [-0.2, 0) is 0 Å². The normalized spacial score (nSPS) is 12.8. The van der Waals surface area contributed by atoms with Crippen LogP contribution in [0.25, 0.3) is 0 Å². The molecule has 0 aliphatic heterocycles. The predicted octanol–water partition coefficient (Wildman–Crippen LogP) is 1.57. The lowest BCUT2D eigenvalue weighted by atomic mass is 10.1. The second kappa shape index (κ2) is 5.11. The molecule has 0 spiro atoms. The zero-order valence-corrected chi connectivity index (χ0v) is 7.97. The van der Waals surface area contributed by atoms with E-state index in [1.165, 1.54) is 0 Å². The molecule has 1 heterocycles. The standard InChI is InChI=1S/C8H14N2OS/c1-7(2-4-11)6-10-8-9-3-5-12-8/h3,5,7,11H,2,4,6H2,1H3,(H,9,10). The van der Waals surface area contributed by atoms with Crippen LogP contribution in [0.4, 0.5) is 5.13 Å². The number of thiazole rings is 1. The smallest absolute Gasteiger partial charge is 0.182 e. The molecule has 0 aromatic carbocycles. The molecule has 0 aliphatic carbocycles. The van der Waals surface area contributed by atoms with Gasteiger partial charge in [0.2, 0.25) is 0 Å². The largest absolute Gasteiger partial charge is 0.396 e. The molecule has 1 aromatic heterocycles. The third-order valence-corrected chi connectivity index (χ3v) is 2.39. The number of nitrogens with zero attached hydrogens (tertiary/aromatic N) is 1. The highest BCUT2D eigenvalue weighted by Crippen LogP contribution is 2.11. The minimum absolute atomic E-state index is 0.265. The van der Waals surface area contributed by atoms with E-state index in [0.29, 0.717) is 5.92 Å². The first-order chi connectivity index (χ1) is 5.83. The molecule has 2 N–H and O–H groups in total. The molecular formula is C8H14N2OS. The molecule has 1 unspecified atom stereocenters. The monoisotopic (exact) mass is 186 g/mol. The van der Waals surface area contributed by atoms with Gasteiger partial charge in [-0.15, -0.1) is 11.3 Å². The Hall–Kier alpha value is -0.610. The van der Waals surface area contributed by atoms with Crippen LogP contribution < -0.4 is 5.32 Å². The SMILES string of the molecule is CC(CCO)CNc1nccs1. The van der Waals surface area contributed by atoms with Gasteiger partial charge < -0.3 is 10.4 Å². The maximum Gasteiger partial charge on any atom is 0.182 e. The molecule has 4 heteroatoms. The maximum atomic E-state index is 8.65. The molecule has 0 saturated heterocycles. The molecule has 1 rings (SSSR count). The summed E-state index contributed by atoms with van der Waals surface area (Å²) in [6.07, 6.45) is 2.63. The number of nitrogens with one attached hydrogen (secondary N) is 1. The summed E-state index contributed by atoms with van der Waals surface area (Å²) in [5.41, 5.74) is 0. The Labute approximate surface area is 76.5 Å². The lowest BCUT2D eigenvalue weighted by molar-refractivity contribution is 0.266. The van der Waals surface area contributed by atoms with Gasteiger partial charge in [-0.3, -0.25) is 0 Å². The van der Waals surface area contributed by atoms with E-state index in [2.05, 4.69) is 17.2 Å². The molecule has 68 valence electrons. The van der Waals surface area contributed by atoms with Gasteiger partial charge in [0.1, 0.15) is 0 Å². The number of hydrogen-bond donors (Lipinski definition) is 2. The third-order valence-electron chi connectivity index (χ3n) is 1.66. The van der Waals surface area contributed by atoms with Gasteiger partial charge in [0.05, 0.1) is 0 Å². The van der Waals surface area contributed by atoms with Crippen molar-refractivity contribution in [3.8, 4) is 0 Å². The first-order valence-corrected chi connectivity index (χ1v) is 4.95. The Morgan fingerprint density at radius 2 is 2.58 bits per heavy atom. The highest BCUT2D eigenvalue weighted by Gasteiger charge is 2.01. The summed E-state index contributed by atoms with van der Waals surface area (Å²) in [5, 5.41) is 14.8. The van der Waals surface area contributed by atoms with E-state index < -0.39 is 0 Å². The van der Waals surface area contributed by atoms with Crippen molar-refractivity contribution in [1.82, 2.24) is 4.98 Å². The van der Waals surface area contributed by atoms with Crippen molar-refractivity contribution in [2.75, 3.05) is 18.5 Å². The van der Waals surface area contributed by atoms with Crippen LogP contribution in [0.15, 0.2) is 11.6 Å². The lowest BCUT2D eigenvalue weighted by Gasteiger charge is -2.09. The van der Waals surface area contributed by atoms with Gasteiger partial charge in [-0.1, -0.05) is 6.92 Å². The molecule has 12 heavy (non-hydrogen) atoms. The Kier molecular flexibility index (Phi) is 4.04. The van der Waals surface area contributed by atoms with Gasteiger partial charge in [-0.2, -0.15) is 0 Å². The fourth-order valence-corrected chi connectivity index (χ4v) is 1.43. The van der Waals surface area contributed by atoms with Crippen molar-refractivity contribution < 1.29 is 5.11 Å². The van der Waals surface area contributed by atoms with Crippen LogP contribution in [0.5, 0.6) is 0 Å². The van der Waals surface area contributed by atoms with Crippen molar-refractivity contribution >= 4 is 16.5 Å². The fraction of sp³-hybridized carbons (Fsp3) is 0.625. The van der Waals surface area contributed by atoms with Crippen LogP contribution in [0, 0.1) is 5.92 Å². The molecule has 0 saturated carbocycles.